The number of esters is 1. The second-order valence-electron chi connectivity index (χ2n) is 4.00. The maximum absolute atomic E-state index is 11.3. The van der Waals surface area contributed by atoms with Crippen molar-refractivity contribution in [2.24, 2.45) is 5.73 Å². The van der Waals surface area contributed by atoms with Crippen molar-refractivity contribution in [2.75, 3.05) is 21.3 Å². The number of hydrogen-bond acceptors (Lipinski definition) is 6. The van der Waals surface area contributed by atoms with Crippen LogP contribution in [0.1, 0.15) is 15.9 Å². The van der Waals surface area contributed by atoms with Gasteiger partial charge < -0.3 is 25.1 Å². The molecule has 0 radical (unpaired) electrons. The average molecular weight is 283 g/mol. The maximum Gasteiger partial charge on any atom is 0.336 e. The van der Waals surface area contributed by atoms with Crippen LogP contribution < -0.4 is 15.2 Å². The first kappa shape index (κ1) is 15.8. The molecule has 0 aliphatic carbocycles. The Morgan fingerprint density at radius 3 is 2.20 bits per heavy atom. The van der Waals surface area contributed by atoms with Gasteiger partial charge in [0.2, 0.25) is 0 Å². The zero-order chi connectivity index (χ0) is 15.3. The quantitative estimate of drug-likeness (QED) is 0.729. The number of nitrogens with two attached hydrogens (primary N) is 1. The second kappa shape index (κ2) is 6.76. The number of methoxy groups -OCH3 is 3. The van der Waals surface area contributed by atoms with Crippen LogP contribution in [0.15, 0.2) is 12.1 Å². The standard InChI is InChI=1S/C13H17NO6/c1-18-10-5-7(4-9(14)13(17)20-3)8(12(15)16)6-11(10)19-2/h5-6,9H,4,14H2,1-3H3,(H,15,16)/t9-/m1/s1. The molecule has 110 valence electrons. The van der Waals surface area contributed by atoms with Crippen LogP contribution in [-0.2, 0) is 16.0 Å². The Bertz CT molecular complexity index is 514. The van der Waals surface area contributed by atoms with E-state index in [2.05, 4.69) is 4.74 Å². The van der Waals surface area contributed by atoms with Gasteiger partial charge in [0, 0.05) is 0 Å². The predicted octanol–water partition coefficient (Wildman–Crippen LogP) is 0.445. The molecule has 7 heteroatoms. The molecular weight excluding hydrogens is 266 g/mol. The Morgan fingerprint density at radius 2 is 1.75 bits per heavy atom. The summed E-state index contributed by atoms with van der Waals surface area (Å²) >= 11 is 0. The smallest absolute Gasteiger partial charge is 0.336 e. The average Bonchev–Trinajstić information content (AvgIpc) is 2.45. The van der Waals surface area contributed by atoms with Gasteiger partial charge in [0.25, 0.3) is 0 Å². The minimum atomic E-state index is -1.14. The van der Waals surface area contributed by atoms with Crippen molar-refractivity contribution < 1.29 is 28.9 Å². The van der Waals surface area contributed by atoms with Crippen molar-refractivity contribution in [3.63, 3.8) is 0 Å². The van der Waals surface area contributed by atoms with Gasteiger partial charge in [0.15, 0.2) is 11.5 Å². The zero-order valence-corrected chi connectivity index (χ0v) is 11.5. The van der Waals surface area contributed by atoms with Gasteiger partial charge >= 0.3 is 11.9 Å². The molecule has 0 amide bonds. The third-order valence-corrected chi connectivity index (χ3v) is 2.78. The largest absolute Gasteiger partial charge is 0.493 e. The summed E-state index contributed by atoms with van der Waals surface area (Å²) in [6, 6.07) is 1.88. The van der Waals surface area contributed by atoms with E-state index >= 15 is 0 Å². The molecule has 1 aromatic carbocycles. The SMILES string of the molecule is COC(=O)[C@H](N)Cc1cc(OC)c(OC)cc1C(=O)O. The molecule has 0 heterocycles. The summed E-state index contributed by atoms with van der Waals surface area (Å²) in [5.74, 6) is -1.10. The first-order valence-electron chi connectivity index (χ1n) is 5.76. The van der Waals surface area contributed by atoms with E-state index in [0.29, 0.717) is 17.1 Å². The lowest BCUT2D eigenvalue weighted by atomic mass is 9.99. The second-order valence-corrected chi connectivity index (χ2v) is 4.00. The summed E-state index contributed by atoms with van der Waals surface area (Å²) in [6.07, 6.45) is 0.0225. The molecule has 0 aromatic heterocycles. The molecule has 0 saturated carbocycles. The lowest BCUT2D eigenvalue weighted by Crippen LogP contribution is -2.34. The normalized spacial score (nSPS) is 11.6. The van der Waals surface area contributed by atoms with Gasteiger partial charge in [0.1, 0.15) is 6.04 Å². The topological polar surface area (TPSA) is 108 Å². The van der Waals surface area contributed by atoms with Crippen molar-refractivity contribution in [3.05, 3.63) is 23.3 Å². The fourth-order valence-corrected chi connectivity index (χ4v) is 1.76. The minimum Gasteiger partial charge on any atom is -0.493 e. The van der Waals surface area contributed by atoms with Gasteiger partial charge in [-0.3, -0.25) is 4.79 Å². The van der Waals surface area contributed by atoms with E-state index in [1.54, 1.807) is 0 Å². The molecule has 1 aromatic rings. The van der Waals surface area contributed by atoms with E-state index in [4.69, 9.17) is 15.2 Å². The summed E-state index contributed by atoms with van der Waals surface area (Å²) in [6.45, 7) is 0. The summed E-state index contributed by atoms with van der Waals surface area (Å²) in [5, 5.41) is 9.20. The van der Waals surface area contributed by atoms with Crippen LogP contribution in [0.3, 0.4) is 0 Å². The van der Waals surface area contributed by atoms with Crippen LogP contribution in [0, 0.1) is 0 Å². The molecule has 20 heavy (non-hydrogen) atoms. The number of aromatic carboxylic acids is 1. The van der Waals surface area contributed by atoms with E-state index in [0.717, 1.165) is 0 Å². The molecular formula is C13H17NO6. The summed E-state index contributed by atoms with van der Waals surface area (Å²) < 4.78 is 14.7. The number of benzene rings is 1. The van der Waals surface area contributed by atoms with Crippen molar-refractivity contribution in [2.45, 2.75) is 12.5 Å². The van der Waals surface area contributed by atoms with Gasteiger partial charge in [-0.05, 0) is 24.1 Å². The Kier molecular flexibility index (Phi) is 5.33. The van der Waals surface area contributed by atoms with Crippen LogP contribution in [0.2, 0.25) is 0 Å². The summed E-state index contributed by atoms with van der Waals surface area (Å²) in [7, 11) is 4.06. The van der Waals surface area contributed by atoms with E-state index in [-0.39, 0.29) is 12.0 Å². The van der Waals surface area contributed by atoms with E-state index in [9.17, 15) is 14.7 Å². The monoisotopic (exact) mass is 283 g/mol. The van der Waals surface area contributed by atoms with Gasteiger partial charge in [0.05, 0.1) is 26.9 Å². The molecule has 1 rings (SSSR count). The molecule has 0 aliphatic rings. The lowest BCUT2D eigenvalue weighted by Gasteiger charge is -2.15. The third kappa shape index (κ3) is 3.39. The highest BCUT2D eigenvalue weighted by Gasteiger charge is 2.21. The van der Waals surface area contributed by atoms with Crippen molar-refractivity contribution in [3.8, 4) is 11.5 Å². The van der Waals surface area contributed by atoms with Crippen LogP contribution in [-0.4, -0.2) is 44.4 Å². The number of rotatable bonds is 6. The first-order chi connectivity index (χ1) is 9.44. The fraction of sp³-hybridized carbons (Fsp3) is 0.385. The number of carboxylic acids is 1. The minimum absolute atomic E-state index is 0.00185. The predicted molar refractivity (Wildman–Crippen MR) is 70.2 cm³/mol. The first-order valence-corrected chi connectivity index (χ1v) is 5.76. The number of carbonyl (C=O) groups is 2. The highest BCUT2D eigenvalue weighted by atomic mass is 16.5. The Labute approximate surface area is 116 Å². The molecule has 3 N–H and O–H groups in total. The molecule has 0 saturated heterocycles. The number of hydrogen-bond donors (Lipinski definition) is 2. The molecule has 7 nitrogen and oxygen atoms in total. The van der Waals surface area contributed by atoms with E-state index < -0.39 is 18.0 Å². The molecule has 0 unspecified atom stereocenters. The number of carboxylic acid groups (broad SMARTS) is 1. The molecule has 0 fully saturated rings. The molecule has 0 bridgehead atoms. The van der Waals surface area contributed by atoms with Gasteiger partial charge in [-0.25, -0.2) is 4.79 Å². The summed E-state index contributed by atoms with van der Waals surface area (Å²) in [5.41, 5.74) is 6.02. The van der Waals surface area contributed by atoms with Crippen LogP contribution >= 0.6 is 0 Å². The van der Waals surface area contributed by atoms with Gasteiger partial charge in [-0.1, -0.05) is 0 Å². The van der Waals surface area contributed by atoms with Crippen LogP contribution in [0.5, 0.6) is 11.5 Å². The summed E-state index contributed by atoms with van der Waals surface area (Å²) in [4.78, 5) is 22.6. The number of ether oxygens (including phenoxy) is 3. The Morgan fingerprint density at radius 1 is 1.20 bits per heavy atom. The highest BCUT2D eigenvalue weighted by molar-refractivity contribution is 5.91. The third-order valence-electron chi connectivity index (χ3n) is 2.78. The van der Waals surface area contributed by atoms with Crippen molar-refractivity contribution in [1.82, 2.24) is 0 Å². The maximum atomic E-state index is 11.3. The molecule has 0 aliphatic heterocycles. The van der Waals surface area contributed by atoms with E-state index in [1.807, 2.05) is 0 Å². The van der Waals surface area contributed by atoms with Gasteiger partial charge in [-0.2, -0.15) is 0 Å². The Hall–Kier alpha value is -2.28. The number of carbonyl (C=O) groups excluding carboxylic acids is 1. The van der Waals surface area contributed by atoms with Crippen molar-refractivity contribution >= 4 is 11.9 Å². The van der Waals surface area contributed by atoms with Crippen LogP contribution in [0.4, 0.5) is 0 Å². The lowest BCUT2D eigenvalue weighted by molar-refractivity contribution is -0.142. The van der Waals surface area contributed by atoms with Crippen molar-refractivity contribution in [1.29, 1.82) is 0 Å². The zero-order valence-electron chi connectivity index (χ0n) is 11.5. The van der Waals surface area contributed by atoms with E-state index in [1.165, 1.54) is 33.5 Å². The van der Waals surface area contributed by atoms with Gasteiger partial charge in [-0.15, -0.1) is 0 Å². The van der Waals surface area contributed by atoms with Crippen LogP contribution in [0.25, 0.3) is 0 Å². The highest BCUT2D eigenvalue weighted by Crippen LogP contribution is 2.31. The molecule has 1 atom stereocenters. The fourth-order valence-electron chi connectivity index (χ4n) is 1.76. The Balaban J connectivity index is 3.22. The molecule has 0 spiro atoms.